The number of hydrogen-bond donors (Lipinski definition) is 3. The van der Waals surface area contributed by atoms with Crippen LogP contribution in [0.15, 0.2) is 48.5 Å². The largest absolute Gasteiger partial charge is 0.497 e. The van der Waals surface area contributed by atoms with Gasteiger partial charge in [0.1, 0.15) is 5.75 Å². The van der Waals surface area contributed by atoms with Gasteiger partial charge in [0, 0.05) is 24.3 Å². The molecule has 0 spiro atoms. The summed E-state index contributed by atoms with van der Waals surface area (Å²) >= 11 is 0. The minimum Gasteiger partial charge on any atom is -0.497 e. The highest BCUT2D eigenvalue weighted by molar-refractivity contribution is 5.94. The zero-order chi connectivity index (χ0) is 18.1. The van der Waals surface area contributed by atoms with E-state index in [4.69, 9.17) is 4.74 Å². The molecule has 0 aliphatic carbocycles. The van der Waals surface area contributed by atoms with Crippen molar-refractivity contribution >= 4 is 17.5 Å². The Morgan fingerprint density at radius 2 is 1.64 bits per heavy atom. The van der Waals surface area contributed by atoms with E-state index in [1.165, 1.54) is 0 Å². The lowest BCUT2D eigenvalue weighted by molar-refractivity contribution is -0.119. The van der Waals surface area contributed by atoms with Crippen molar-refractivity contribution in [1.29, 1.82) is 0 Å². The molecule has 132 valence electrons. The molecule has 0 heterocycles. The standard InChI is InChI=1S/C19H23N3O3/c1-3-20-19(24)15-6-8-16(9-7-15)21-13-18(23)22-12-14-4-10-17(25-2)11-5-14/h4-11,21H,3,12-13H2,1-2H3,(H,20,24)(H,22,23). The first-order valence-corrected chi connectivity index (χ1v) is 8.14. The summed E-state index contributed by atoms with van der Waals surface area (Å²) < 4.78 is 5.10. The van der Waals surface area contributed by atoms with Gasteiger partial charge in [-0.25, -0.2) is 0 Å². The molecule has 0 unspecified atom stereocenters. The van der Waals surface area contributed by atoms with Gasteiger partial charge in [0.2, 0.25) is 5.91 Å². The van der Waals surface area contributed by atoms with Gasteiger partial charge in [-0.3, -0.25) is 9.59 Å². The van der Waals surface area contributed by atoms with E-state index in [0.717, 1.165) is 17.0 Å². The molecule has 2 aromatic rings. The summed E-state index contributed by atoms with van der Waals surface area (Å²) in [5.74, 6) is 0.572. The Morgan fingerprint density at radius 1 is 0.960 bits per heavy atom. The van der Waals surface area contributed by atoms with E-state index in [0.29, 0.717) is 18.7 Å². The van der Waals surface area contributed by atoms with Crippen molar-refractivity contribution in [1.82, 2.24) is 10.6 Å². The van der Waals surface area contributed by atoms with Gasteiger partial charge < -0.3 is 20.7 Å². The molecule has 0 fully saturated rings. The highest BCUT2D eigenvalue weighted by Crippen LogP contribution is 2.11. The van der Waals surface area contributed by atoms with Crippen LogP contribution in [0.1, 0.15) is 22.8 Å². The van der Waals surface area contributed by atoms with Gasteiger partial charge in [-0.05, 0) is 48.9 Å². The summed E-state index contributed by atoms with van der Waals surface area (Å²) in [6, 6.07) is 14.5. The maximum Gasteiger partial charge on any atom is 0.251 e. The zero-order valence-corrected chi connectivity index (χ0v) is 14.5. The molecule has 3 N–H and O–H groups in total. The van der Waals surface area contributed by atoms with Crippen molar-refractivity contribution in [3.05, 3.63) is 59.7 Å². The third-order valence-electron chi connectivity index (χ3n) is 3.59. The van der Waals surface area contributed by atoms with Crippen LogP contribution < -0.4 is 20.7 Å². The summed E-state index contributed by atoms with van der Waals surface area (Å²) in [6.45, 7) is 3.09. The van der Waals surface area contributed by atoms with Gasteiger partial charge >= 0.3 is 0 Å². The summed E-state index contributed by atoms with van der Waals surface area (Å²) in [7, 11) is 1.62. The number of carbonyl (C=O) groups excluding carboxylic acids is 2. The Bertz CT molecular complexity index is 697. The minimum atomic E-state index is -0.108. The molecule has 25 heavy (non-hydrogen) atoms. The third kappa shape index (κ3) is 5.84. The summed E-state index contributed by atoms with van der Waals surface area (Å²) in [5.41, 5.74) is 2.38. The van der Waals surface area contributed by atoms with Crippen LogP contribution in [0.25, 0.3) is 0 Å². The average Bonchev–Trinajstić information content (AvgIpc) is 2.65. The van der Waals surface area contributed by atoms with Crippen LogP contribution >= 0.6 is 0 Å². The molecule has 0 bridgehead atoms. The van der Waals surface area contributed by atoms with Crippen LogP contribution in [0.4, 0.5) is 5.69 Å². The van der Waals surface area contributed by atoms with E-state index < -0.39 is 0 Å². The van der Waals surface area contributed by atoms with Crippen LogP contribution in [0, 0.1) is 0 Å². The topological polar surface area (TPSA) is 79.5 Å². The normalized spacial score (nSPS) is 10.0. The van der Waals surface area contributed by atoms with Gasteiger partial charge in [0.05, 0.1) is 13.7 Å². The number of amides is 2. The number of hydrogen-bond acceptors (Lipinski definition) is 4. The predicted octanol–water partition coefficient (Wildman–Crippen LogP) is 2.17. The Hall–Kier alpha value is -3.02. The number of rotatable bonds is 8. The predicted molar refractivity (Wildman–Crippen MR) is 97.8 cm³/mol. The second-order valence-corrected chi connectivity index (χ2v) is 5.42. The number of ether oxygens (including phenoxy) is 1. The molecule has 0 atom stereocenters. The average molecular weight is 341 g/mol. The minimum absolute atomic E-state index is 0.105. The van der Waals surface area contributed by atoms with Gasteiger partial charge in [-0.1, -0.05) is 12.1 Å². The fourth-order valence-corrected chi connectivity index (χ4v) is 2.19. The lowest BCUT2D eigenvalue weighted by Gasteiger charge is -2.09. The van der Waals surface area contributed by atoms with E-state index in [9.17, 15) is 9.59 Å². The van der Waals surface area contributed by atoms with E-state index in [1.54, 1.807) is 31.4 Å². The molecule has 2 aromatic carbocycles. The molecule has 0 radical (unpaired) electrons. The molecule has 0 saturated carbocycles. The van der Waals surface area contributed by atoms with Crippen LogP contribution in [0.2, 0.25) is 0 Å². The molecule has 0 aliphatic rings. The van der Waals surface area contributed by atoms with Crippen LogP contribution in [0.3, 0.4) is 0 Å². The van der Waals surface area contributed by atoms with Crippen LogP contribution in [-0.2, 0) is 11.3 Å². The lowest BCUT2D eigenvalue weighted by Crippen LogP contribution is -2.29. The number of carbonyl (C=O) groups is 2. The van der Waals surface area contributed by atoms with Crippen molar-refractivity contribution in [2.45, 2.75) is 13.5 Å². The first-order chi connectivity index (χ1) is 12.1. The zero-order valence-electron chi connectivity index (χ0n) is 14.5. The van der Waals surface area contributed by atoms with Crippen LogP contribution in [0.5, 0.6) is 5.75 Å². The molecule has 6 heteroatoms. The first-order valence-electron chi connectivity index (χ1n) is 8.14. The highest BCUT2D eigenvalue weighted by atomic mass is 16.5. The van der Waals surface area contributed by atoms with Crippen molar-refractivity contribution in [2.75, 3.05) is 25.5 Å². The van der Waals surface area contributed by atoms with Gasteiger partial charge in [0.25, 0.3) is 5.91 Å². The second-order valence-electron chi connectivity index (χ2n) is 5.42. The lowest BCUT2D eigenvalue weighted by atomic mass is 10.2. The maximum atomic E-state index is 11.9. The maximum absolute atomic E-state index is 11.9. The summed E-state index contributed by atoms with van der Waals surface area (Å²) in [5, 5.41) is 8.62. The van der Waals surface area contributed by atoms with E-state index in [-0.39, 0.29) is 18.4 Å². The summed E-state index contributed by atoms with van der Waals surface area (Å²) in [6.07, 6.45) is 0. The van der Waals surface area contributed by atoms with Crippen molar-refractivity contribution < 1.29 is 14.3 Å². The van der Waals surface area contributed by atoms with Crippen molar-refractivity contribution in [3.8, 4) is 5.75 Å². The van der Waals surface area contributed by atoms with Gasteiger partial charge in [0.15, 0.2) is 0 Å². The number of nitrogens with one attached hydrogen (secondary N) is 3. The van der Waals surface area contributed by atoms with E-state index in [2.05, 4.69) is 16.0 Å². The molecule has 2 rings (SSSR count). The van der Waals surface area contributed by atoms with Crippen molar-refractivity contribution in [3.63, 3.8) is 0 Å². The molecule has 6 nitrogen and oxygen atoms in total. The third-order valence-corrected chi connectivity index (χ3v) is 3.59. The van der Waals surface area contributed by atoms with E-state index >= 15 is 0 Å². The molecule has 2 amide bonds. The molecule has 0 aliphatic heterocycles. The molecular formula is C19H23N3O3. The Kier molecular flexibility index (Phi) is 6.83. The Morgan fingerprint density at radius 3 is 2.24 bits per heavy atom. The smallest absolute Gasteiger partial charge is 0.251 e. The highest BCUT2D eigenvalue weighted by Gasteiger charge is 2.05. The Labute approximate surface area is 147 Å². The monoisotopic (exact) mass is 341 g/mol. The Balaban J connectivity index is 1.76. The van der Waals surface area contributed by atoms with E-state index in [1.807, 2.05) is 31.2 Å². The van der Waals surface area contributed by atoms with Gasteiger partial charge in [-0.2, -0.15) is 0 Å². The SMILES string of the molecule is CCNC(=O)c1ccc(NCC(=O)NCc2ccc(OC)cc2)cc1. The van der Waals surface area contributed by atoms with Crippen LogP contribution in [-0.4, -0.2) is 32.0 Å². The number of benzene rings is 2. The molecular weight excluding hydrogens is 318 g/mol. The fourth-order valence-electron chi connectivity index (χ4n) is 2.19. The molecule has 0 aromatic heterocycles. The second kappa shape index (κ2) is 9.32. The molecule has 0 saturated heterocycles. The van der Waals surface area contributed by atoms with Crippen molar-refractivity contribution in [2.24, 2.45) is 0 Å². The summed E-state index contributed by atoms with van der Waals surface area (Å²) in [4.78, 5) is 23.6. The number of anilines is 1. The quantitative estimate of drug-likeness (QED) is 0.687. The van der Waals surface area contributed by atoms with Gasteiger partial charge in [-0.15, -0.1) is 0 Å². The first kappa shape index (κ1) is 18.3. The number of methoxy groups -OCH3 is 1. The fraction of sp³-hybridized carbons (Fsp3) is 0.263.